The first-order valence-electron chi connectivity index (χ1n) is 8.86. The van der Waals surface area contributed by atoms with Gasteiger partial charge in [-0.15, -0.1) is 0 Å². The highest BCUT2D eigenvalue weighted by Crippen LogP contribution is 2.42. The Morgan fingerprint density at radius 3 is 2.19 bits per heavy atom. The van der Waals surface area contributed by atoms with Gasteiger partial charge in [-0.05, 0) is 41.9 Å². The van der Waals surface area contributed by atoms with Crippen LogP contribution >= 0.6 is 0 Å². The van der Waals surface area contributed by atoms with Gasteiger partial charge in [0.25, 0.3) is 0 Å². The molecule has 1 aromatic carbocycles. The Kier molecular flexibility index (Phi) is 5.74. The highest BCUT2D eigenvalue weighted by molar-refractivity contribution is 7.95. The van der Waals surface area contributed by atoms with Gasteiger partial charge in [0.05, 0.1) is 22.0 Å². The van der Waals surface area contributed by atoms with E-state index in [1.54, 1.807) is 30.3 Å². The average Bonchev–Trinajstić information content (AvgIpc) is 2.54. The summed E-state index contributed by atoms with van der Waals surface area (Å²) < 4.78 is 32.6. The molecule has 0 saturated heterocycles. The third-order valence-electron chi connectivity index (χ3n) is 5.57. The predicted molar refractivity (Wildman–Crippen MR) is 108 cm³/mol. The standard InChI is InChI=1S/C20H30O4SSi/c1-14-17(21)13-18(25(22,23)16-11-9-8-10-12-16)15(2)19(14)24-26(6,7)20(3,4)5/h8-14,17,19,21H,2H2,1,3-7H3/t14-,17+,19-/m0/s1. The van der Waals surface area contributed by atoms with E-state index < -0.39 is 30.4 Å². The zero-order chi connectivity index (χ0) is 19.9. The van der Waals surface area contributed by atoms with Gasteiger partial charge in [0.15, 0.2) is 8.32 Å². The molecule has 0 aromatic heterocycles. The van der Waals surface area contributed by atoms with Crippen molar-refractivity contribution in [3.05, 3.63) is 53.5 Å². The number of rotatable bonds is 4. The van der Waals surface area contributed by atoms with Crippen LogP contribution in [0.25, 0.3) is 0 Å². The van der Waals surface area contributed by atoms with Gasteiger partial charge in [-0.3, -0.25) is 0 Å². The Morgan fingerprint density at radius 2 is 1.69 bits per heavy atom. The minimum absolute atomic E-state index is 0.0302. The topological polar surface area (TPSA) is 63.6 Å². The van der Waals surface area contributed by atoms with E-state index in [1.807, 2.05) is 6.92 Å². The first-order chi connectivity index (χ1) is 11.8. The van der Waals surface area contributed by atoms with Crippen LogP contribution in [-0.4, -0.2) is 34.0 Å². The van der Waals surface area contributed by atoms with Crippen LogP contribution in [0, 0.1) is 5.92 Å². The smallest absolute Gasteiger partial charge is 0.206 e. The molecule has 1 aliphatic carbocycles. The van der Waals surface area contributed by atoms with Crippen LogP contribution in [-0.2, 0) is 14.3 Å². The summed E-state index contributed by atoms with van der Waals surface area (Å²) in [6.45, 7) is 16.5. The summed E-state index contributed by atoms with van der Waals surface area (Å²) in [4.78, 5) is 0.262. The van der Waals surface area contributed by atoms with Crippen LogP contribution in [0.5, 0.6) is 0 Å². The molecule has 1 aromatic rings. The van der Waals surface area contributed by atoms with Crippen molar-refractivity contribution in [3.8, 4) is 0 Å². The summed E-state index contributed by atoms with van der Waals surface area (Å²) in [6, 6.07) is 8.24. The molecular formula is C20H30O4SSi. The number of aliphatic hydroxyl groups excluding tert-OH is 1. The van der Waals surface area contributed by atoms with E-state index in [0.29, 0.717) is 5.57 Å². The van der Waals surface area contributed by atoms with Crippen molar-refractivity contribution in [1.82, 2.24) is 0 Å². The van der Waals surface area contributed by atoms with E-state index in [9.17, 15) is 13.5 Å². The molecule has 0 saturated carbocycles. The second kappa shape index (κ2) is 7.07. The second-order valence-corrected chi connectivity index (χ2v) is 15.2. The van der Waals surface area contributed by atoms with E-state index in [-0.39, 0.29) is 20.8 Å². The van der Waals surface area contributed by atoms with Crippen LogP contribution in [0.3, 0.4) is 0 Å². The zero-order valence-corrected chi connectivity index (χ0v) is 18.3. The predicted octanol–water partition coefficient (Wildman–Crippen LogP) is 4.30. The normalized spacial score (nSPS) is 25.1. The molecule has 4 nitrogen and oxygen atoms in total. The number of hydrogen-bond acceptors (Lipinski definition) is 4. The van der Waals surface area contributed by atoms with Crippen LogP contribution < -0.4 is 0 Å². The summed E-state index contributed by atoms with van der Waals surface area (Å²) in [5.41, 5.74) is 0.427. The SMILES string of the molecule is C=C1C(S(=O)(=O)c2ccccc2)=C[C@@H](O)[C@H](C)[C@@H]1O[Si](C)(C)C(C)(C)C. The molecule has 3 atom stereocenters. The molecule has 0 bridgehead atoms. The fourth-order valence-corrected chi connectivity index (χ4v) is 5.61. The van der Waals surface area contributed by atoms with Crippen molar-refractivity contribution < 1.29 is 18.0 Å². The van der Waals surface area contributed by atoms with Crippen molar-refractivity contribution in [2.45, 2.75) is 62.9 Å². The van der Waals surface area contributed by atoms with Gasteiger partial charge < -0.3 is 9.53 Å². The Balaban J connectivity index is 2.45. The minimum Gasteiger partial charge on any atom is -0.410 e. The molecule has 26 heavy (non-hydrogen) atoms. The van der Waals surface area contributed by atoms with E-state index in [2.05, 4.69) is 40.4 Å². The highest BCUT2D eigenvalue weighted by Gasteiger charge is 2.45. The third kappa shape index (κ3) is 3.88. The minimum atomic E-state index is -3.75. The van der Waals surface area contributed by atoms with Gasteiger partial charge in [0.2, 0.25) is 9.84 Å². The van der Waals surface area contributed by atoms with Gasteiger partial charge in [-0.25, -0.2) is 8.42 Å². The molecule has 0 heterocycles. The highest BCUT2D eigenvalue weighted by atomic mass is 32.2. The fraction of sp³-hybridized carbons (Fsp3) is 0.500. The van der Waals surface area contributed by atoms with E-state index >= 15 is 0 Å². The Labute approximate surface area is 158 Å². The van der Waals surface area contributed by atoms with E-state index in [1.165, 1.54) is 6.08 Å². The molecule has 0 radical (unpaired) electrons. The summed E-state index contributed by atoms with van der Waals surface area (Å²) in [5.74, 6) is -0.258. The molecular weight excluding hydrogens is 364 g/mol. The summed E-state index contributed by atoms with van der Waals surface area (Å²) in [6.07, 6.45) is -0.0194. The molecule has 6 heteroatoms. The summed E-state index contributed by atoms with van der Waals surface area (Å²) in [5, 5.41) is 10.5. The van der Waals surface area contributed by atoms with Crippen LogP contribution in [0.1, 0.15) is 27.7 Å². The van der Waals surface area contributed by atoms with E-state index in [0.717, 1.165) is 0 Å². The summed E-state index contributed by atoms with van der Waals surface area (Å²) >= 11 is 0. The van der Waals surface area contributed by atoms with Gasteiger partial charge in [0.1, 0.15) is 0 Å². The molecule has 0 aliphatic heterocycles. The number of aliphatic hydroxyl groups is 1. The Hall–Kier alpha value is -1.21. The maximum Gasteiger partial charge on any atom is 0.206 e. The largest absolute Gasteiger partial charge is 0.410 e. The molecule has 1 N–H and O–H groups in total. The maximum absolute atomic E-state index is 13.1. The molecule has 0 fully saturated rings. The monoisotopic (exact) mass is 394 g/mol. The van der Waals surface area contributed by atoms with Crippen LogP contribution in [0.2, 0.25) is 18.1 Å². The fourth-order valence-electron chi connectivity index (χ4n) is 2.71. The molecule has 144 valence electrons. The van der Waals surface area contributed by atoms with Gasteiger partial charge in [-0.1, -0.05) is 52.5 Å². The lowest BCUT2D eigenvalue weighted by atomic mass is 9.87. The Morgan fingerprint density at radius 1 is 1.15 bits per heavy atom. The lowest BCUT2D eigenvalue weighted by Crippen LogP contribution is -2.49. The zero-order valence-electron chi connectivity index (χ0n) is 16.5. The first kappa shape index (κ1) is 21.1. The quantitative estimate of drug-likeness (QED) is 0.773. The number of hydrogen-bond donors (Lipinski definition) is 1. The molecule has 0 unspecified atom stereocenters. The average molecular weight is 395 g/mol. The van der Waals surface area contributed by atoms with Crippen molar-refractivity contribution in [2.24, 2.45) is 5.92 Å². The number of benzene rings is 1. The lowest BCUT2D eigenvalue weighted by molar-refractivity contribution is 0.0674. The summed E-state index contributed by atoms with van der Waals surface area (Å²) in [7, 11) is -5.92. The van der Waals surface area contributed by atoms with Gasteiger partial charge in [-0.2, -0.15) is 0 Å². The lowest BCUT2D eigenvalue weighted by Gasteiger charge is -2.43. The molecule has 1 aliphatic rings. The van der Waals surface area contributed by atoms with Crippen LogP contribution in [0.15, 0.2) is 58.4 Å². The van der Waals surface area contributed by atoms with Crippen molar-refractivity contribution in [2.75, 3.05) is 0 Å². The maximum atomic E-state index is 13.1. The van der Waals surface area contributed by atoms with Crippen molar-refractivity contribution >= 4 is 18.2 Å². The third-order valence-corrected chi connectivity index (χ3v) is 11.9. The van der Waals surface area contributed by atoms with Gasteiger partial charge in [0, 0.05) is 5.92 Å². The van der Waals surface area contributed by atoms with Gasteiger partial charge >= 0.3 is 0 Å². The second-order valence-electron chi connectivity index (χ2n) is 8.52. The molecule has 0 spiro atoms. The van der Waals surface area contributed by atoms with Crippen LogP contribution in [0.4, 0.5) is 0 Å². The van der Waals surface area contributed by atoms with Crippen molar-refractivity contribution in [3.63, 3.8) is 0 Å². The van der Waals surface area contributed by atoms with E-state index in [4.69, 9.17) is 4.43 Å². The van der Waals surface area contributed by atoms with Crippen molar-refractivity contribution in [1.29, 1.82) is 0 Å². The Bertz CT molecular complexity index is 804. The first-order valence-corrected chi connectivity index (χ1v) is 13.2. The molecule has 0 amide bonds. The molecule has 2 rings (SSSR count). The number of sulfone groups is 1.